The van der Waals surface area contributed by atoms with E-state index in [1.165, 1.54) is 20.3 Å². The van der Waals surface area contributed by atoms with Gasteiger partial charge in [-0.3, -0.25) is 4.79 Å². The molecule has 0 spiro atoms. The molecule has 0 radical (unpaired) electrons. The maximum atomic E-state index is 12.2. The van der Waals surface area contributed by atoms with Crippen molar-refractivity contribution >= 4 is 18.0 Å². The summed E-state index contributed by atoms with van der Waals surface area (Å²) in [4.78, 5) is 28.0. The second-order valence-corrected chi connectivity index (χ2v) is 5.41. The first-order valence-electron chi connectivity index (χ1n) is 7.47. The van der Waals surface area contributed by atoms with Crippen molar-refractivity contribution in [3.05, 3.63) is 35.4 Å². The van der Waals surface area contributed by atoms with E-state index in [1.54, 1.807) is 24.3 Å². The second kappa shape index (κ2) is 7.78. The molecule has 1 aliphatic heterocycles. The molecule has 1 aromatic carbocycles. The smallest absolute Gasteiger partial charge is 0.341 e. The van der Waals surface area contributed by atoms with Crippen LogP contribution in [0.5, 0.6) is 5.75 Å². The average molecular weight is 318 g/mol. The number of esters is 1. The largest absolute Gasteiger partial charge is 0.496 e. The van der Waals surface area contributed by atoms with Crippen LogP contribution in [0.25, 0.3) is 6.08 Å². The summed E-state index contributed by atoms with van der Waals surface area (Å²) in [6.07, 6.45) is 3.24. The van der Waals surface area contributed by atoms with Crippen LogP contribution >= 0.6 is 0 Å². The van der Waals surface area contributed by atoms with Crippen LogP contribution < -0.4 is 4.74 Å². The van der Waals surface area contributed by atoms with Gasteiger partial charge in [-0.05, 0) is 30.8 Å². The molecule has 6 nitrogen and oxygen atoms in total. The average Bonchev–Trinajstić information content (AvgIpc) is 2.59. The van der Waals surface area contributed by atoms with Gasteiger partial charge in [0.1, 0.15) is 11.3 Å². The monoisotopic (exact) mass is 318 g/mol. The number of rotatable bonds is 4. The summed E-state index contributed by atoms with van der Waals surface area (Å²) in [5.41, 5.74) is 1.08. The van der Waals surface area contributed by atoms with E-state index in [2.05, 4.69) is 4.90 Å². The Kier molecular flexibility index (Phi) is 5.76. The van der Waals surface area contributed by atoms with Gasteiger partial charge in [-0.25, -0.2) is 4.79 Å². The fraction of sp³-hybridized carbons (Fsp3) is 0.412. The maximum absolute atomic E-state index is 12.2. The predicted molar refractivity (Wildman–Crippen MR) is 87.4 cm³/mol. The third-order valence-corrected chi connectivity index (χ3v) is 3.86. The zero-order valence-electron chi connectivity index (χ0n) is 13.7. The van der Waals surface area contributed by atoms with Crippen molar-refractivity contribution in [3.63, 3.8) is 0 Å². The van der Waals surface area contributed by atoms with Crippen LogP contribution in [-0.4, -0.2) is 69.1 Å². The van der Waals surface area contributed by atoms with E-state index in [9.17, 15) is 9.59 Å². The third-order valence-electron chi connectivity index (χ3n) is 3.86. The normalized spacial score (nSPS) is 15.7. The number of benzene rings is 1. The van der Waals surface area contributed by atoms with Crippen LogP contribution in [0.4, 0.5) is 0 Å². The minimum Gasteiger partial charge on any atom is -0.496 e. The Hall–Kier alpha value is -2.34. The molecule has 0 unspecified atom stereocenters. The van der Waals surface area contributed by atoms with Crippen molar-refractivity contribution in [2.24, 2.45) is 0 Å². The molecule has 1 heterocycles. The number of methoxy groups -OCH3 is 2. The van der Waals surface area contributed by atoms with Gasteiger partial charge in [0.25, 0.3) is 0 Å². The second-order valence-electron chi connectivity index (χ2n) is 5.41. The Balaban J connectivity index is 2.10. The first-order chi connectivity index (χ1) is 11.0. The molecule has 1 saturated heterocycles. The van der Waals surface area contributed by atoms with E-state index in [0.717, 1.165) is 31.7 Å². The van der Waals surface area contributed by atoms with Crippen LogP contribution in [0.2, 0.25) is 0 Å². The third kappa shape index (κ3) is 4.32. The zero-order valence-corrected chi connectivity index (χ0v) is 13.7. The Morgan fingerprint density at radius 3 is 2.43 bits per heavy atom. The molecule has 1 aromatic rings. The van der Waals surface area contributed by atoms with Crippen LogP contribution in [0.3, 0.4) is 0 Å². The minimum absolute atomic E-state index is 0.0199. The Morgan fingerprint density at radius 1 is 1.13 bits per heavy atom. The molecule has 1 amide bonds. The quantitative estimate of drug-likeness (QED) is 0.618. The summed E-state index contributed by atoms with van der Waals surface area (Å²) in [6.45, 7) is 3.23. The van der Waals surface area contributed by atoms with Crippen molar-refractivity contribution in [2.75, 3.05) is 47.4 Å². The summed E-state index contributed by atoms with van der Waals surface area (Å²) in [5.74, 6) is -0.0459. The van der Waals surface area contributed by atoms with E-state index in [0.29, 0.717) is 11.3 Å². The Labute approximate surface area is 136 Å². The predicted octanol–water partition coefficient (Wildman–Crippen LogP) is 1.27. The van der Waals surface area contributed by atoms with Gasteiger partial charge in [-0.2, -0.15) is 0 Å². The highest BCUT2D eigenvalue weighted by atomic mass is 16.5. The first-order valence-corrected chi connectivity index (χ1v) is 7.47. The Morgan fingerprint density at radius 2 is 1.83 bits per heavy atom. The van der Waals surface area contributed by atoms with Crippen molar-refractivity contribution in [2.45, 2.75) is 0 Å². The zero-order chi connectivity index (χ0) is 16.8. The van der Waals surface area contributed by atoms with Gasteiger partial charge in [0.15, 0.2) is 0 Å². The first kappa shape index (κ1) is 17.0. The number of amides is 1. The molecule has 23 heavy (non-hydrogen) atoms. The van der Waals surface area contributed by atoms with Gasteiger partial charge >= 0.3 is 5.97 Å². The lowest BCUT2D eigenvalue weighted by Gasteiger charge is -2.31. The SMILES string of the molecule is COC(=O)c1cc(/C=C/C(=O)N2CCN(C)CC2)ccc1OC. The van der Waals surface area contributed by atoms with Crippen molar-refractivity contribution in [3.8, 4) is 5.75 Å². The molecule has 6 heteroatoms. The maximum Gasteiger partial charge on any atom is 0.341 e. The van der Waals surface area contributed by atoms with E-state index >= 15 is 0 Å². The summed E-state index contributed by atoms with van der Waals surface area (Å²) in [7, 11) is 4.86. The summed E-state index contributed by atoms with van der Waals surface area (Å²) in [6, 6.07) is 5.13. The molecule has 1 fully saturated rings. The number of nitrogens with zero attached hydrogens (tertiary/aromatic N) is 2. The lowest BCUT2D eigenvalue weighted by atomic mass is 10.1. The molecular formula is C17H22N2O4. The van der Waals surface area contributed by atoms with Crippen molar-refractivity contribution < 1.29 is 19.1 Å². The van der Waals surface area contributed by atoms with Gasteiger partial charge in [0, 0.05) is 32.3 Å². The fourth-order valence-electron chi connectivity index (χ4n) is 2.40. The van der Waals surface area contributed by atoms with Gasteiger partial charge in [0.2, 0.25) is 5.91 Å². The molecule has 0 N–H and O–H groups in total. The number of piperazine rings is 1. The highest BCUT2D eigenvalue weighted by molar-refractivity contribution is 5.95. The number of carbonyl (C=O) groups is 2. The van der Waals surface area contributed by atoms with E-state index < -0.39 is 5.97 Å². The summed E-state index contributed by atoms with van der Waals surface area (Å²) in [5, 5.41) is 0. The van der Waals surface area contributed by atoms with Crippen LogP contribution in [0.15, 0.2) is 24.3 Å². The molecule has 0 bridgehead atoms. The number of likely N-dealkylation sites (N-methyl/N-ethyl adjacent to an activating group) is 1. The van der Waals surface area contributed by atoms with E-state index in [1.807, 2.05) is 11.9 Å². The minimum atomic E-state index is -0.470. The van der Waals surface area contributed by atoms with Crippen LogP contribution in [0.1, 0.15) is 15.9 Å². The van der Waals surface area contributed by atoms with Crippen LogP contribution in [-0.2, 0) is 9.53 Å². The molecule has 0 saturated carbocycles. The lowest BCUT2D eigenvalue weighted by Crippen LogP contribution is -2.46. The summed E-state index contributed by atoms with van der Waals surface area (Å²) >= 11 is 0. The topological polar surface area (TPSA) is 59.1 Å². The van der Waals surface area contributed by atoms with Crippen molar-refractivity contribution in [1.82, 2.24) is 9.80 Å². The van der Waals surface area contributed by atoms with Gasteiger partial charge < -0.3 is 19.3 Å². The molecule has 0 aromatic heterocycles. The fourth-order valence-corrected chi connectivity index (χ4v) is 2.40. The standard InChI is InChI=1S/C17H22N2O4/c1-18-8-10-19(11-9-18)16(20)7-5-13-4-6-15(22-2)14(12-13)17(21)23-3/h4-7,12H,8-11H2,1-3H3/b7-5+. The van der Waals surface area contributed by atoms with Gasteiger partial charge in [-0.1, -0.05) is 6.07 Å². The molecule has 1 aliphatic rings. The number of carbonyl (C=O) groups excluding carboxylic acids is 2. The molecular weight excluding hydrogens is 296 g/mol. The lowest BCUT2D eigenvalue weighted by molar-refractivity contribution is -0.127. The molecule has 2 rings (SSSR count). The van der Waals surface area contributed by atoms with E-state index in [4.69, 9.17) is 9.47 Å². The number of ether oxygens (including phenoxy) is 2. The van der Waals surface area contributed by atoms with E-state index in [-0.39, 0.29) is 5.91 Å². The van der Waals surface area contributed by atoms with Gasteiger partial charge in [-0.15, -0.1) is 0 Å². The molecule has 124 valence electrons. The molecule has 0 atom stereocenters. The number of hydrogen-bond acceptors (Lipinski definition) is 5. The van der Waals surface area contributed by atoms with Crippen molar-refractivity contribution in [1.29, 1.82) is 0 Å². The Bertz CT molecular complexity index is 605. The van der Waals surface area contributed by atoms with Gasteiger partial charge in [0.05, 0.1) is 14.2 Å². The molecule has 0 aliphatic carbocycles. The highest BCUT2D eigenvalue weighted by Crippen LogP contribution is 2.21. The summed E-state index contributed by atoms with van der Waals surface area (Å²) < 4.78 is 9.89. The van der Waals surface area contributed by atoms with Crippen LogP contribution in [0, 0.1) is 0 Å². The highest BCUT2D eigenvalue weighted by Gasteiger charge is 2.17. The number of hydrogen-bond donors (Lipinski definition) is 0.